The van der Waals surface area contributed by atoms with Gasteiger partial charge in [0.05, 0.1) is 4.92 Å². The van der Waals surface area contributed by atoms with Gasteiger partial charge >= 0.3 is 0 Å². The van der Waals surface area contributed by atoms with Crippen molar-refractivity contribution in [1.29, 1.82) is 0 Å². The molecule has 0 fully saturated rings. The van der Waals surface area contributed by atoms with Crippen LogP contribution in [-0.2, 0) is 6.42 Å². The first-order valence-electron chi connectivity index (χ1n) is 5.79. The molecule has 0 saturated heterocycles. The summed E-state index contributed by atoms with van der Waals surface area (Å²) in [6.45, 7) is 4.29. The first kappa shape index (κ1) is 13.6. The minimum atomic E-state index is -0.371. The van der Waals surface area contributed by atoms with Gasteiger partial charge in [-0.2, -0.15) is 0 Å². The Morgan fingerprint density at radius 3 is 2.76 bits per heavy atom. The van der Waals surface area contributed by atoms with Gasteiger partial charge in [-0.05, 0) is 31.9 Å². The van der Waals surface area contributed by atoms with Crippen molar-refractivity contribution in [2.45, 2.75) is 32.7 Å². The Bertz CT molecular complexity index is 380. The molecule has 17 heavy (non-hydrogen) atoms. The van der Waals surface area contributed by atoms with E-state index in [2.05, 4.69) is 24.1 Å². The molecule has 1 aromatic rings. The molecule has 0 bridgehead atoms. The molecule has 0 saturated carbocycles. The van der Waals surface area contributed by atoms with E-state index in [0.717, 1.165) is 12.0 Å². The summed E-state index contributed by atoms with van der Waals surface area (Å²) in [4.78, 5) is 14.3. The van der Waals surface area contributed by atoms with Gasteiger partial charge in [0.1, 0.15) is 6.20 Å². The first-order valence-corrected chi connectivity index (χ1v) is 5.79. The molecular formula is C12H19N3O2. The molecule has 5 nitrogen and oxygen atoms in total. The second-order valence-electron chi connectivity index (χ2n) is 4.58. The van der Waals surface area contributed by atoms with Crippen LogP contribution in [0.5, 0.6) is 0 Å². The fourth-order valence-electron chi connectivity index (χ4n) is 1.89. The van der Waals surface area contributed by atoms with Crippen LogP contribution in [-0.4, -0.2) is 23.0 Å². The second kappa shape index (κ2) is 6.30. The molecule has 1 N–H and O–H groups in total. The molecule has 1 atom stereocenters. The summed E-state index contributed by atoms with van der Waals surface area (Å²) < 4.78 is 0. The lowest BCUT2D eigenvalue weighted by molar-refractivity contribution is -0.385. The standard InChI is InChI=1S/C12H19N3O2/c1-9(2)6-11(13-3)7-10-4-5-14-8-12(10)15(16)17/h4-5,8-9,11,13H,6-7H2,1-3H3. The predicted molar refractivity (Wildman–Crippen MR) is 66.9 cm³/mol. The van der Waals surface area contributed by atoms with E-state index in [1.54, 1.807) is 12.3 Å². The van der Waals surface area contributed by atoms with E-state index in [1.165, 1.54) is 6.20 Å². The Kier molecular flexibility index (Phi) is 5.03. The van der Waals surface area contributed by atoms with Crippen LogP contribution in [0.2, 0.25) is 0 Å². The number of nitrogens with one attached hydrogen (secondary N) is 1. The Labute approximate surface area is 101 Å². The molecule has 94 valence electrons. The normalized spacial score (nSPS) is 12.7. The van der Waals surface area contributed by atoms with Gasteiger partial charge in [-0.15, -0.1) is 0 Å². The van der Waals surface area contributed by atoms with Crippen molar-refractivity contribution >= 4 is 5.69 Å². The van der Waals surface area contributed by atoms with Crippen molar-refractivity contribution in [2.24, 2.45) is 5.92 Å². The quantitative estimate of drug-likeness (QED) is 0.608. The van der Waals surface area contributed by atoms with Crippen LogP contribution in [0.15, 0.2) is 18.5 Å². The third-order valence-corrected chi connectivity index (χ3v) is 2.71. The molecule has 1 heterocycles. The van der Waals surface area contributed by atoms with Crippen molar-refractivity contribution in [3.8, 4) is 0 Å². The highest BCUT2D eigenvalue weighted by atomic mass is 16.6. The molecule has 1 aromatic heterocycles. The van der Waals surface area contributed by atoms with E-state index in [0.29, 0.717) is 12.3 Å². The third-order valence-electron chi connectivity index (χ3n) is 2.71. The fraction of sp³-hybridized carbons (Fsp3) is 0.583. The predicted octanol–water partition coefficient (Wildman–Crippen LogP) is 2.17. The van der Waals surface area contributed by atoms with Gasteiger partial charge < -0.3 is 5.32 Å². The average molecular weight is 237 g/mol. The number of aromatic nitrogens is 1. The molecule has 1 unspecified atom stereocenters. The molecule has 0 spiro atoms. The summed E-state index contributed by atoms with van der Waals surface area (Å²) in [7, 11) is 1.89. The summed E-state index contributed by atoms with van der Waals surface area (Å²) in [5.41, 5.74) is 0.849. The van der Waals surface area contributed by atoms with E-state index in [-0.39, 0.29) is 16.7 Å². The Morgan fingerprint density at radius 2 is 2.24 bits per heavy atom. The number of nitrogens with zero attached hydrogens (tertiary/aromatic N) is 2. The summed E-state index contributed by atoms with van der Waals surface area (Å²) >= 11 is 0. The molecule has 0 aliphatic heterocycles. The van der Waals surface area contributed by atoms with Gasteiger partial charge in [0, 0.05) is 17.8 Å². The molecule has 1 rings (SSSR count). The Hall–Kier alpha value is -1.49. The lowest BCUT2D eigenvalue weighted by Crippen LogP contribution is -2.29. The molecule has 5 heteroatoms. The topological polar surface area (TPSA) is 68.1 Å². The Morgan fingerprint density at radius 1 is 1.53 bits per heavy atom. The van der Waals surface area contributed by atoms with Crippen LogP contribution < -0.4 is 5.32 Å². The minimum absolute atomic E-state index is 0.108. The number of pyridine rings is 1. The largest absolute Gasteiger partial charge is 0.317 e. The smallest absolute Gasteiger partial charge is 0.290 e. The van der Waals surface area contributed by atoms with E-state index >= 15 is 0 Å². The molecule has 0 amide bonds. The number of likely N-dealkylation sites (N-methyl/N-ethyl adjacent to an activating group) is 1. The van der Waals surface area contributed by atoms with Crippen molar-refractivity contribution in [3.63, 3.8) is 0 Å². The highest BCUT2D eigenvalue weighted by Crippen LogP contribution is 2.19. The Balaban J connectivity index is 2.82. The second-order valence-corrected chi connectivity index (χ2v) is 4.58. The van der Waals surface area contributed by atoms with Crippen LogP contribution in [0.25, 0.3) is 0 Å². The van der Waals surface area contributed by atoms with Crippen molar-refractivity contribution in [1.82, 2.24) is 10.3 Å². The zero-order valence-electron chi connectivity index (χ0n) is 10.5. The van der Waals surface area contributed by atoms with Gasteiger partial charge in [0.2, 0.25) is 0 Å². The number of nitro groups is 1. The van der Waals surface area contributed by atoms with Gasteiger partial charge in [0.25, 0.3) is 5.69 Å². The molecule has 0 aliphatic carbocycles. The van der Waals surface area contributed by atoms with E-state index in [4.69, 9.17) is 0 Å². The molecule has 0 aliphatic rings. The summed E-state index contributed by atoms with van der Waals surface area (Å²) in [6, 6.07) is 1.99. The maximum absolute atomic E-state index is 10.9. The maximum Gasteiger partial charge on any atom is 0.290 e. The molecule has 0 aromatic carbocycles. The van der Waals surface area contributed by atoms with Crippen molar-refractivity contribution in [2.75, 3.05) is 7.05 Å². The lowest BCUT2D eigenvalue weighted by Gasteiger charge is -2.18. The third kappa shape index (κ3) is 4.11. The van der Waals surface area contributed by atoms with Gasteiger partial charge in [0.15, 0.2) is 0 Å². The van der Waals surface area contributed by atoms with E-state index in [9.17, 15) is 10.1 Å². The van der Waals surface area contributed by atoms with Crippen LogP contribution in [0, 0.1) is 16.0 Å². The highest BCUT2D eigenvalue weighted by Gasteiger charge is 2.17. The number of rotatable bonds is 6. The van der Waals surface area contributed by atoms with Crippen LogP contribution >= 0.6 is 0 Å². The number of hydrogen-bond acceptors (Lipinski definition) is 4. The van der Waals surface area contributed by atoms with E-state index in [1.807, 2.05) is 7.05 Å². The molecule has 0 radical (unpaired) electrons. The SMILES string of the molecule is CNC(Cc1ccncc1[N+](=O)[O-])CC(C)C. The van der Waals surface area contributed by atoms with Gasteiger partial charge in [-0.3, -0.25) is 15.1 Å². The van der Waals surface area contributed by atoms with E-state index < -0.39 is 0 Å². The van der Waals surface area contributed by atoms with Gasteiger partial charge in [-0.25, -0.2) is 0 Å². The summed E-state index contributed by atoms with van der Waals surface area (Å²) in [6.07, 6.45) is 4.57. The van der Waals surface area contributed by atoms with Crippen molar-refractivity contribution < 1.29 is 4.92 Å². The van der Waals surface area contributed by atoms with Crippen LogP contribution in [0.3, 0.4) is 0 Å². The summed E-state index contributed by atoms with van der Waals surface area (Å²) in [5.74, 6) is 0.563. The zero-order chi connectivity index (χ0) is 12.8. The first-order chi connectivity index (χ1) is 8.04. The zero-order valence-corrected chi connectivity index (χ0v) is 10.5. The minimum Gasteiger partial charge on any atom is -0.317 e. The van der Waals surface area contributed by atoms with Gasteiger partial charge in [-0.1, -0.05) is 13.8 Å². The van der Waals surface area contributed by atoms with Crippen molar-refractivity contribution in [3.05, 3.63) is 34.1 Å². The van der Waals surface area contributed by atoms with Crippen LogP contribution in [0.1, 0.15) is 25.8 Å². The summed E-state index contributed by atoms with van der Waals surface area (Å²) in [5, 5.41) is 14.1. The lowest BCUT2D eigenvalue weighted by atomic mass is 9.97. The monoisotopic (exact) mass is 237 g/mol. The fourth-order valence-corrected chi connectivity index (χ4v) is 1.89. The highest BCUT2D eigenvalue weighted by molar-refractivity contribution is 5.37. The van der Waals surface area contributed by atoms with Crippen LogP contribution in [0.4, 0.5) is 5.69 Å². The number of hydrogen-bond donors (Lipinski definition) is 1. The maximum atomic E-state index is 10.9. The average Bonchev–Trinajstić information content (AvgIpc) is 2.28. The molecular weight excluding hydrogens is 218 g/mol.